The number of ether oxygens (including phenoxy) is 1. The van der Waals surface area contributed by atoms with Crippen molar-refractivity contribution in [2.75, 3.05) is 6.61 Å². The van der Waals surface area contributed by atoms with Crippen LogP contribution in [0.25, 0.3) is 5.76 Å². The fourth-order valence-electron chi connectivity index (χ4n) is 1.50. The molecule has 0 bridgehead atoms. The number of rotatable bonds is 1. The highest BCUT2D eigenvalue weighted by Crippen LogP contribution is 2.22. The molecule has 0 radical (unpaired) electrons. The maximum Gasteiger partial charge on any atom is 0.144 e. The predicted octanol–water partition coefficient (Wildman–Crippen LogP) is 2.90. The average molecular weight is 197 g/mol. The molecule has 2 nitrogen and oxygen atoms in total. The molecule has 0 N–H and O–H groups in total. The monoisotopic (exact) mass is 197 g/mol. The van der Waals surface area contributed by atoms with Gasteiger partial charge in [0.25, 0.3) is 0 Å². The van der Waals surface area contributed by atoms with Crippen LogP contribution in [0.1, 0.15) is 12.0 Å². The normalized spacial score (nSPS) is 15.4. The second-order valence-corrected chi connectivity index (χ2v) is 3.26. The van der Waals surface area contributed by atoms with E-state index in [1.807, 2.05) is 42.5 Å². The quantitative estimate of drug-likeness (QED) is 0.693. The molecule has 0 aromatic heterocycles. The van der Waals surface area contributed by atoms with Gasteiger partial charge in [-0.25, -0.2) is 0 Å². The predicted molar refractivity (Wildman–Crippen MR) is 58.7 cm³/mol. The third-order valence-corrected chi connectivity index (χ3v) is 2.22. The van der Waals surface area contributed by atoms with Crippen molar-refractivity contribution >= 4 is 5.76 Å². The zero-order valence-electron chi connectivity index (χ0n) is 8.31. The highest BCUT2D eigenvalue weighted by atomic mass is 16.5. The summed E-state index contributed by atoms with van der Waals surface area (Å²) in [6.45, 7) is 0.631. The van der Waals surface area contributed by atoms with E-state index in [-0.39, 0.29) is 0 Å². The van der Waals surface area contributed by atoms with Gasteiger partial charge in [0.1, 0.15) is 11.8 Å². The van der Waals surface area contributed by atoms with Crippen molar-refractivity contribution in [2.45, 2.75) is 6.42 Å². The first-order valence-corrected chi connectivity index (χ1v) is 4.91. The lowest BCUT2D eigenvalue weighted by Gasteiger charge is -2.08. The van der Waals surface area contributed by atoms with Gasteiger partial charge in [-0.1, -0.05) is 36.4 Å². The van der Waals surface area contributed by atoms with E-state index in [0.29, 0.717) is 17.9 Å². The van der Waals surface area contributed by atoms with Gasteiger partial charge in [-0.05, 0) is 12.5 Å². The van der Waals surface area contributed by atoms with Crippen LogP contribution < -0.4 is 0 Å². The molecule has 1 heterocycles. The lowest BCUT2D eigenvalue weighted by Crippen LogP contribution is -1.94. The van der Waals surface area contributed by atoms with Gasteiger partial charge in [0.15, 0.2) is 0 Å². The molecule has 1 aromatic carbocycles. The van der Waals surface area contributed by atoms with Crippen molar-refractivity contribution in [3.05, 3.63) is 53.6 Å². The zero-order valence-corrected chi connectivity index (χ0v) is 8.31. The van der Waals surface area contributed by atoms with E-state index < -0.39 is 0 Å². The Morgan fingerprint density at radius 2 is 2.00 bits per heavy atom. The van der Waals surface area contributed by atoms with Gasteiger partial charge in [-0.2, -0.15) is 5.26 Å². The fourth-order valence-corrected chi connectivity index (χ4v) is 1.50. The largest absolute Gasteiger partial charge is 0.491 e. The van der Waals surface area contributed by atoms with Crippen molar-refractivity contribution in [3.63, 3.8) is 0 Å². The Labute approximate surface area is 89.1 Å². The van der Waals surface area contributed by atoms with Crippen LogP contribution in [-0.2, 0) is 4.74 Å². The molecule has 0 spiro atoms. The number of allylic oxidation sites excluding steroid dienone is 2. The van der Waals surface area contributed by atoms with Crippen LogP contribution in [0.2, 0.25) is 0 Å². The number of hydrogen-bond acceptors (Lipinski definition) is 2. The molecule has 0 aliphatic carbocycles. The van der Waals surface area contributed by atoms with Crippen molar-refractivity contribution in [2.24, 2.45) is 0 Å². The van der Waals surface area contributed by atoms with Crippen molar-refractivity contribution in [3.8, 4) is 6.07 Å². The minimum atomic E-state index is 0.596. The van der Waals surface area contributed by atoms with Crippen LogP contribution in [-0.4, -0.2) is 6.61 Å². The Balaban J connectivity index is 2.46. The second kappa shape index (κ2) is 4.47. The number of hydrogen-bond donors (Lipinski definition) is 0. The van der Waals surface area contributed by atoms with E-state index in [1.54, 1.807) is 0 Å². The summed E-state index contributed by atoms with van der Waals surface area (Å²) in [4.78, 5) is 0. The maximum absolute atomic E-state index is 9.01. The number of nitrogens with zero attached hydrogens (tertiary/aromatic N) is 1. The Hall–Kier alpha value is -2.01. The molecule has 1 aromatic rings. The van der Waals surface area contributed by atoms with Gasteiger partial charge < -0.3 is 4.74 Å². The first-order valence-electron chi connectivity index (χ1n) is 4.91. The third-order valence-electron chi connectivity index (χ3n) is 2.22. The molecule has 0 saturated heterocycles. The lowest BCUT2D eigenvalue weighted by atomic mass is 10.1. The fraction of sp³-hybridized carbons (Fsp3) is 0.154. The molecule has 2 heteroatoms. The van der Waals surface area contributed by atoms with Gasteiger partial charge in [0, 0.05) is 5.56 Å². The van der Waals surface area contributed by atoms with E-state index in [1.165, 1.54) is 0 Å². The molecule has 15 heavy (non-hydrogen) atoms. The van der Waals surface area contributed by atoms with E-state index in [9.17, 15) is 0 Å². The third kappa shape index (κ3) is 2.08. The second-order valence-electron chi connectivity index (χ2n) is 3.26. The van der Waals surface area contributed by atoms with Crippen molar-refractivity contribution < 1.29 is 4.74 Å². The summed E-state index contributed by atoms with van der Waals surface area (Å²) in [7, 11) is 0. The van der Waals surface area contributed by atoms with Crippen LogP contribution in [0, 0.1) is 11.3 Å². The smallest absolute Gasteiger partial charge is 0.144 e. The molecule has 1 aliphatic heterocycles. The first-order chi connectivity index (χ1) is 7.42. The van der Waals surface area contributed by atoms with E-state index >= 15 is 0 Å². The highest BCUT2D eigenvalue weighted by Gasteiger charge is 2.10. The van der Waals surface area contributed by atoms with Crippen LogP contribution in [0.5, 0.6) is 0 Å². The van der Waals surface area contributed by atoms with E-state index in [4.69, 9.17) is 10.00 Å². The SMILES string of the molecule is N#CC1=C(c2ccccc2)OCCC=C1. The Morgan fingerprint density at radius 1 is 1.20 bits per heavy atom. The molecular weight excluding hydrogens is 186 g/mol. The summed E-state index contributed by atoms with van der Waals surface area (Å²) >= 11 is 0. The van der Waals surface area contributed by atoms with Gasteiger partial charge >= 0.3 is 0 Å². The Kier molecular flexibility index (Phi) is 2.85. The summed E-state index contributed by atoms with van der Waals surface area (Å²) < 4.78 is 5.59. The van der Waals surface area contributed by atoms with Crippen molar-refractivity contribution in [1.29, 1.82) is 5.26 Å². The molecule has 0 atom stereocenters. The maximum atomic E-state index is 9.01. The number of nitriles is 1. The summed E-state index contributed by atoms with van der Waals surface area (Å²) in [6, 6.07) is 11.9. The van der Waals surface area contributed by atoms with Crippen molar-refractivity contribution in [1.82, 2.24) is 0 Å². The molecule has 0 amide bonds. The van der Waals surface area contributed by atoms with E-state index in [0.717, 1.165) is 12.0 Å². The summed E-state index contributed by atoms with van der Waals surface area (Å²) in [5, 5.41) is 9.01. The molecule has 74 valence electrons. The van der Waals surface area contributed by atoms with Gasteiger partial charge in [-0.3, -0.25) is 0 Å². The van der Waals surface area contributed by atoms with Crippen LogP contribution >= 0.6 is 0 Å². The molecule has 1 aliphatic rings. The number of benzene rings is 1. The highest BCUT2D eigenvalue weighted by molar-refractivity contribution is 5.69. The Bertz CT molecular complexity index is 437. The van der Waals surface area contributed by atoms with Crippen LogP contribution in [0.15, 0.2) is 48.1 Å². The molecule has 0 fully saturated rings. The zero-order chi connectivity index (χ0) is 10.5. The van der Waals surface area contributed by atoms with Gasteiger partial charge in [-0.15, -0.1) is 0 Å². The summed E-state index contributed by atoms with van der Waals surface area (Å²) in [6.07, 6.45) is 4.64. The van der Waals surface area contributed by atoms with Gasteiger partial charge in [0.2, 0.25) is 0 Å². The standard InChI is InChI=1S/C13H11NO/c14-10-12-8-4-5-9-15-13(12)11-6-2-1-3-7-11/h1-4,6-8H,5,9H2. The topological polar surface area (TPSA) is 33.0 Å². The van der Waals surface area contributed by atoms with E-state index in [2.05, 4.69) is 6.07 Å². The molecule has 0 saturated carbocycles. The molecule has 0 unspecified atom stereocenters. The van der Waals surface area contributed by atoms with Crippen LogP contribution in [0.4, 0.5) is 0 Å². The average Bonchev–Trinajstić information content (AvgIpc) is 2.55. The minimum absolute atomic E-state index is 0.596. The molecule has 2 rings (SSSR count). The first kappa shape index (κ1) is 9.54. The van der Waals surface area contributed by atoms with Gasteiger partial charge in [0.05, 0.1) is 12.2 Å². The Morgan fingerprint density at radius 3 is 2.73 bits per heavy atom. The lowest BCUT2D eigenvalue weighted by molar-refractivity contribution is 0.285. The minimum Gasteiger partial charge on any atom is -0.491 e. The van der Waals surface area contributed by atoms with Crippen LogP contribution in [0.3, 0.4) is 0 Å². The molecular formula is C13H11NO. The summed E-state index contributed by atoms with van der Waals surface area (Å²) in [5.41, 5.74) is 1.55. The summed E-state index contributed by atoms with van der Waals surface area (Å²) in [5.74, 6) is 0.687.